The molecule has 3 heteroatoms. The van der Waals surface area contributed by atoms with E-state index in [-0.39, 0.29) is 12.0 Å². The summed E-state index contributed by atoms with van der Waals surface area (Å²) in [5, 5.41) is 0. The number of hydrogen-bond acceptors (Lipinski definition) is 2. The molecule has 2 rings (SSSR count). The van der Waals surface area contributed by atoms with E-state index < -0.39 is 0 Å². The molecule has 128 valence electrons. The summed E-state index contributed by atoms with van der Waals surface area (Å²) >= 11 is 0. The van der Waals surface area contributed by atoms with Gasteiger partial charge in [-0.3, -0.25) is 9.63 Å². The number of nitrogens with one attached hydrogen (secondary N) is 1. The average molecular weight is 325 g/mol. The lowest BCUT2D eigenvalue weighted by molar-refractivity contribution is -0.0112. The maximum Gasteiger partial charge on any atom is 0.275 e. The van der Waals surface area contributed by atoms with Gasteiger partial charge in [-0.2, -0.15) is 0 Å². The van der Waals surface area contributed by atoms with Crippen molar-refractivity contribution in [1.29, 1.82) is 0 Å². The molecule has 0 aliphatic heterocycles. The summed E-state index contributed by atoms with van der Waals surface area (Å²) in [6.45, 7) is 8.40. The van der Waals surface area contributed by atoms with Gasteiger partial charge in [0.1, 0.15) is 0 Å². The lowest BCUT2D eigenvalue weighted by Gasteiger charge is -2.14. The number of rotatable bonds is 7. The van der Waals surface area contributed by atoms with Crippen molar-refractivity contribution >= 4 is 5.91 Å². The summed E-state index contributed by atoms with van der Waals surface area (Å²) in [6.07, 6.45) is 1.95. The van der Waals surface area contributed by atoms with Crippen LogP contribution in [0.2, 0.25) is 0 Å². The first-order chi connectivity index (χ1) is 11.5. The predicted molar refractivity (Wildman–Crippen MR) is 98.9 cm³/mol. The van der Waals surface area contributed by atoms with E-state index in [0.29, 0.717) is 11.5 Å². The van der Waals surface area contributed by atoms with Crippen molar-refractivity contribution in [3.63, 3.8) is 0 Å². The van der Waals surface area contributed by atoms with Crippen LogP contribution in [0.3, 0.4) is 0 Å². The van der Waals surface area contributed by atoms with Crippen molar-refractivity contribution in [3.8, 4) is 11.1 Å². The highest BCUT2D eigenvalue weighted by molar-refractivity contribution is 6.00. The van der Waals surface area contributed by atoms with Crippen molar-refractivity contribution in [2.45, 2.75) is 52.6 Å². The molecule has 0 heterocycles. The van der Waals surface area contributed by atoms with Gasteiger partial charge in [0.2, 0.25) is 0 Å². The number of carbonyl (C=O) groups is 1. The van der Waals surface area contributed by atoms with E-state index in [1.165, 1.54) is 5.56 Å². The molecule has 0 aliphatic carbocycles. The third-order valence-corrected chi connectivity index (χ3v) is 4.11. The fourth-order valence-corrected chi connectivity index (χ4v) is 2.65. The second-order valence-electron chi connectivity index (χ2n) is 6.47. The molecule has 3 nitrogen and oxygen atoms in total. The molecule has 2 aromatic rings. The number of hydroxylamine groups is 1. The van der Waals surface area contributed by atoms with Crippen LogP contribution >= 0.6 is 0 Å². The quantitative estimate of drug-likeness (QED) is 0.699. The number of amides is 1. The van der Waals surface area contributed by atoms with Gasteiger partial charge < -0.3 is 0 Å². The minimum absolute atomic E-state index is 0.0106. The van der Waals surface area contributed by atoms with E-state index in [1.54, 1.807) is 0 Å². The van der Waals surface area contributed by atoms with E-state index in [4.69, 9.17) is 4.84 Å². The third kappa shape index (κ3) is 4.68. The minimum atomic E-state index is -0.207. The molecule has 2 aromatic carbocycles. The molecular formula is C21H27NO2. The van der Waals surface area contributed by atoms with Crippen molar-refractivity contribution in [3.05, 3.63) is 59.7 Å². The first kappa shape index (κ1) is 18.2. The third-order valence-electron chi connectivity index (χ3n) is 4.11. The summed E-state index contributed by atoms with van der Waals surface area (Å²) in [7, 11) is 0. The van der Waals surface area contributed by atoms with Crippen LogP contribution in [0, 0.1) is 0 Å². The molecule has 0 unspecified atom stereocenters. The Kier molecular flexibility index (Phi) is 6.56. The van der Waals surface area contributed by atoms with Crippen LogP contribution in [0.15, 0.2) is 48.5 Å². The van der Waals surface area contributed by atoms with Gasteiger partial charge >= 0.3 is 0 Å². The molecule has 1 N–H and O–H groups in total. The predicted octanol–water partition coefficient (Wildman–Crippen LogP) is 5.33. The highest BCUT2D eigenvalue weighted by Crippen LogP contribution is 2.26. The van der Waals surface area contributed by atoms with Gasteiger partial charge in [-0.15, -0.1) is 0 Å². The molecule has 0 fully saturated rings. The lowest BCUT2D eigenvalue weighted by Crippen LogP contribution is -2.28. The van der Waals surface area contributed by atoms with E-state index in [1.807, 2.05) is 31.2 Å². The van der Waals surface area contributed by atoms with Gasteiger partial charge in [-0.1, -0.05) is 69.7 Å². The van der Waals surface area contributed by atoms with Crippen molar-refractivity contribution < 1.29 is 9.63 Å². The Bertz CT molecular complexity index is 662. The highest BCUT2D eigenvalue weighted by atomic mass is 16.7. The van der Waals surface area contributed by atoms with Gasteiger partial charge in [0.15, 0.2) is 0 Å². The molecule has 1 atom stereocenters. The Morgan fingerprint density at radius 3 is 2.33 bits per heavy atom. The van der Waals surface area contributed by atoms with E-state index in [2.05, 4.69) is 50.5 Å². The van der Waals surface area contributed by atoms with Crippen molar-refractivity contribution in [2.75, 3.05) is 0 Å². The molecule has 0 spiro atoms. The SMILES string of the molecule is CCC[C@H](C)ONC(=O)c1ccccc1-c1ccc(C(C)C)cc1. The molecule has 0 saturated carbocycles. The van der Waals surface area contributed by atoms with E-state index in [0.717, 1.165) is 24.0 Å². The smallest absolute Gasteiger partial charge is 0.270 e. The Morgan fingerprint density at radius 1 is 1.04 bits per heavy atom. The van der Waals surface area contributed by atoms with Gasteiger partial charge in [-0.25, -0.2) is 5.48 Å². The maximum absolute atomic E-state index is 12.5. The van der Waals surface area contributed by atoms with Gasteiger partial charge in [0, 0.05) is 5.56 Å². The number of hydrogen-bond donors (Lipinski definition) is 1. The Hall–Kier alpha value is -2.13. The largest absolute Gasteiger partial charge is 0.275 e. The summed E-state index contributed by atoms with van der Waals surface area (Å²) in [4.78, 5) is 17.9. The topological polar surface area (TPSA) is 38.3 Å². The van der Waals surface area contributed by atoms with Crippen LogP contribution in [0.1, 0.15) is 62.4 Å². The van der Waals surface area contributed by atoms with Crippen LogP contribution in [0.25, 0.3) is 11.1 Å². The second kappa shape index (κ2) is 8.65. The molecule has 0 aromatic heterocycles. The number of benzene rings is 2. The number of carbonyl (C=O) groups excluding carboxylic acids is 1. The minimum Gasteiger partial charge on any atom is -0.270 e. The van der Waals surface area contributed by atoms with Gasteiger partial charge in [0.05, 0.1) is 6.10 Å². The Balaban J connectivity index is 2.19. The van der Waals surface area contributed by atoms with E-state index in [9.17, 15) is 4.79 Å². The maximum atomic E-state index is 12.5. The van der Waals surface area contributed by atoms with Crippen LogP contribution in [0.4, 0.5) is 0 Å². The summed E-state index contributed by atoms with van der Waals surface area (Å²) in [5.41, 5.74) is 6.45. The standard InChI is InChI=1S/C21H27NO2/c1-5-8-16(4)24-22-21(23)20-10-7-6-9-19(20)18-13-11-17(12-14-18)15(2)3/h6-7,9-16H,5,8H2,1-4H3,(H,22,23)/t16-/m0/s1. The van der Waals surface area contributed by atoms with Crippen LogP contribution in [-0.2, 0) is 4.84 Å². The summed E-state index contributed by atoms with van der Waals surface area (Å²) in [6, 6.07) is 16.0. The van der Waals surface area contributed by atoms with Crippen LogP contribution in [0.5, 0.6) is 0 Å². The molecule has 0 saturated heterocycles. The fourth-order valence-electron chi connectivity index (χ4n) is 2.65. The molecule has 0 bridgehead atoms. The highest BCUT2D eigenvalue weighted by Gasteiger charge is 2.14. The fraction of sp³-hybridized carbons (Fsp3) is 0.381. The zero-order chi connectivity index (χ0) is 17.5. The van der Waals surface area contributed by atoms with Crippen LogP contribution in [-0.4, -0.2) is 12.0 Å². The first-order valence-electron chi connectivity index (χ1n) is 8.68. The molecule has 1 amide bonds. The molecule has 24 heavy (non-hydrogen) atoms. The molecule has 0 aliphatic rings. The van der Waals surface area contributed by atoms with E-state index >= 15 is 0 Å². The van der Waals surface area contributed by atoms with Gasteiger partial charge in [-0.05, 0) is 42.0 Å². The summed E-state index contributed by atoms with van der Waals surface area (Å²) < 4.78 is 0. The molecular weight excluding hydrogens is 298 g/mol. The zero-order valence-corrected chi connectivity index (χ0v) is 15.0. The van der Waals surface area contributed by atoms with Gasteiger partial charge in [0.25, 0.3) is 5.91 Å². The monoisotopic (exact) mass is 325 g/mol. The summed E-state index contributed by atoms with van der Waals surface area (Å²) in [5.74, 6) is 0.285. The molecule has 0 radical (unpaired) electrons. The zero-order valence-electron chi connectivity index (χ0n) is 15.0. The van der Waals surface area contributed by atoms with Crippen molar-refractivity contribution in [2.24, 2.45) is 0 Å². The normalized spacial score (nSPS) is 12.2. The Labute approximate surface area is 145 Å². The average Bonchev–Trinajstić information content (AvgIpc) is 2.60. The second-order valence-corrected chi connectivity index (χ2v) is 6.47. The Morgan fingerprint density at radius 2 is 1.71 bits per heavy atom. The van der Waals surface area contributed by atoms with Crippen molar-refractivity contribution in [1.82, 2.24) is 5.48 Å². The lowest BCUT2D eigenvalue weighted by atomic mass is 9.96. The first-order valence-corrected chi connectivity index (χ1v) is 8.68. The van der Waals surface area contributed by atoms with Crippen LogP contribution < -0.4 is 5.48 Å².